The van der Waals surface area contributed by atoms with E-state index in [0.29, 0.717) is 12.1 Å². The van der Waals surface area contributed by atoms with Crippen LogP contribution in [-0.4, -0.2) is 14.9 Å². The fourth-order valence-corrected chi connectivity index (χ4v) is 3.60. The van der Waals surface area contributed by atoms with Crippen LogP contribution in [0, 0.1) is 6.92 Å². The summed E-state index contributed by atoms with van der Waals surface area (Å²) in [6.45, 7) is 2.54. The van der Waals surface area contributed by atoms with Gasteiger partial charge in [0.25, 0.3) is 5.91 Å². The smallest absolute Gasteiger partial charge is 0.253 e. The molecule has 1 N–H and O–H groups in total. The summed E-state index contributed by atoms with van der Waals surface area (Å²) in [6, 6.07) is 11.8. The molecule has 0 atom stereocenters. The van der Waals surface area contributed by atoms with Crippen LogP contribution in [0.2, 0.25) is 0 Å². The van der Waals surface area contributed by atoms with Gasteiger partial charge >= 0.3 is 0 Å². The van der Waals surface area contributed by atoms with Gasteiger partial charge in [-0.25, -0.2) is 4.98 Å². The van der Waals surface area contributed by atoms with Crippen LogP contribution in [0.25, 0.3) is 11.0 Å². The minimum atomic E-state index is -0.104. The van der Waals surface area contributed by atoms with Gasteiger partial charge in [0.2, 0.25) is 0 Å². The van der Waals surface area contributed by atoms with Crippen molar-refractivity contribution in [2.75, 3.05) is 0 Å². The number of nitrogens with zero attached hydrogens (tertiary/aromatic N) is 2. The van der Waals surface area contributed by atoms with E-state index >= 15 is 0 Å². The van der Waals surface area contributed by atoms with Gasteiger partial charge in [-0.2, -0.15) is 0 Å². The normalized spacial score (nSPS) is 10.8. The van der Waals surface area contributed by atoms with Crippen LogP contribution in [0.4, 0.5) is 0 Å². The number of nitrogens with one attached hydrogen (secondary N) is 1. The number of aryl methyl sites for hydroxylation is 1. The molecule has 0 unspecified atom stereocenters. The van der Waals surface area contributed by atoms with E-state index in [2.05, 4.69) is 31.5 Å². The molecule has 4 nitrogen and oxygen atoms in total. The zero-order valence-electron chi connectivity index (χ0n) is 11.9. The number of amides is 1. The molecule has 22 heavy (non-hydrogen) atoms. The largest absolute Gasteiger partial charge is 0.348 e. The van der Waals surface area contributed by atoms with Crippen molar-refractivity contribution in [2.45, 2.75) is 13.5 Å². The molecule has 2 heterocycles. The minimum Gasteiger partial charge on any atom is -0.348 e. The molecular weight excluding hydrogens is 409 g/mol. The van der Waals surface area contributed by atoms with Crippen LogP contribution in [0.1, 0.15) is 21.5 Å². The molecule has 3 rings (SSSR count). The predicted molar refractivity (Wildman–Crippen MR) is 99.1 cm³/mol. The number of fused-ring (bicyclic) bond motifs is 1. The molecule has 0 aliphatic rings. The van der Waals surface area contributed by atoms with Crippen molar-refractivity contribution >= 4 is 47.3 Å². The van der Waals surface area contributed by atoms with Crippen molar-refractivity contribution < 1.29 is 4.79 Å². The summed E-state index contributed by atoms with van der Waals surface area (Å²) in [5.41, 5.74) is 3.66. The zero-order valence-corrected chi connectivity index (χ0v) is 14.9. The van der Waals surface area contributed by atoms with Gasteiger partial charge in [-0.1, -0.05) is 30.3 Å². The molecule has 0 fully saturated rings. The predicted octanol–water partition coefficient (Wildman–Crippen LogP) is 4.12. The van der Waals surface area contributed by atoms with E-state index in [1.54, 1.807) is 15.3 Å². The van der Waals surface area contributed by atoms with Crippen molar-refractivity contribution in [3.8, 4) is 0 Å². The highest BCUT2D eigenvalue weighted by Crippen LogP contribution is 2.27. The first-order valence-electron chi connectivity index (χ1n) is 6.78. The van der Waals surface area contributed by atoms with Gasteiger partial charge in [-0.3, -0.25) is 8.77 Å². The van der Waals surface area contributed by atoms with Gasteiger partial charge in [0.1, 0.15) is 0 Å². The van der Waals surface area contributed by atoms with Gasteiger partial charge < -0.3 is 5.32 Å². The van der Waals surface area contributed by atoms with E-state index in [4.69, 9.17) is 0 Å². The molecule has 2 aromatic heterocycles. The molecule has 0 bridgehead atoms. The summed E-state index contributed by atoms with van der Waals surface area (Å²) in [7, 11) is 1.56. The number of benzene rings is 1. The third-order valence-corrected chi connectivity index (χ3v) is 5.14. The van der Waals surface area contributed by atoms with Crippen LogP contribution in [-0.2, 0) is 6.54 Å². The molecular formula is C16H14IN3OS. The van der Waals surface area contributed by atoms with E-state index in [1.165, 1.54) is 0 Å². The standard InChI is InChI=1S/C16H14IN3OS/c1-11-10-20(22-17)15-14(11)7-13(9-18-15)16(21)19-8-12-5-3-2-4-6-12/h2-7,9-10H,8H2,1H3,(H,19,21). The summed E-state index contributed by atoms with van der Waals surface area (Å²) < 4.78 is 2.00. The van der Waals surface area contributed by atoms with Crippen LogP contribution in [0.5, 0.6) is 0 Å². The summed E-state index contributed by atoms with van der Waals surface area (Å²) >= 11 is 2.22. The highest BCUT2D eigenvalue weighted by atomic mass is 127. The van der Waals surface area contributed by atoms with E-state index in [0.717, 1.165) is 22.2 Å². The molecule has 0 saturated carbocycles. The fourth-order valence-electron chi connectivity index (χ4n) is 2.29. The first-order chi connectivity index (χ1) is 10.7. The third kappa shape index (κ3) is 3.12. The molecule has 0 aliphatic carbocycles. The number of carbonyl (C=O) groups is 1. The number of rotatable bonds is 4. The van der Waals surface area contributed by atoms with Gasteiger partial charge in [0.15, 0.2) is 5.65 Å². The monoisotopic (exact) mass is 423 g/mol. The molecule has 0 aliphatic heterocycles. The van der Waals surface area contributed by atoms with Gasteiger partial charge in [-0.15, -0.1) is 0 Å². The number of carbonyl (C=O) groups excluding carboxylic acids is 1. The van der Waals surface area contributed by atoms with Crippen molar-refractivity contribution in [1.29, 1.82) is 0 Å². The second kappa shape index (κ2) is 6.70. The number of pyridine rings is 1. The lowest BCUT2D eigenvalue weighted by molar-refractivity contribution is 0.0950. The van der Waals surface area contributed by atoms with E-state index in [9.17, 15) is 4.79 Å². The zero-order chi connectivity index (χ0) is 15.5. The molecule has 6 heteroatoms. The van der Waals surface area contributed by atoms with E-state index < -0.39 is 0 Å². The molecule has 112 valence electrons. The SMILES string of the molecule is Cc1cn(SI)c2ncc(C(=O)NCc3ccccc3)cc12. The fraction of sp³-hybridized carbons (Fsp3) is 0.125. The Labute approximate surface area is 145 Å². The molecule has 1 amide bonds. The van der Waals surface area contributed by atoms with E-state index in [1.807, 2.05) is 53.5 Å². The summed E-state index contributed by atoms with van der Waals surface area (Å²) in [4.78, 5) is 16.7. The lowest BCUT2D eigenvalue weighted by atomic mass is 10.1. The maximum absolute atomic E-state index is 12.3. The lowest BCUT2D eigenvalue weighted by Gasteiger charge is -2.06. The number of halogens is 1. The van der Waals surface area contributed by atoms with Crippen LogP contribution >= 0.6 is 30.3 Å². The van der Waals surface area contributed by atoms with Crippen LogP contribution < -0.4 is 5.32 Å². The van der Waals surface area contributed by atoms with Crippen LogP contribution in [0.15, 0.2) is 48.8 Å². The second-order valence-electron chi connectivity index (χ2n) is 4.97. The number of hydrogen-bond donors (Lipinski definition) is 1. The molecule has 0 saturated heterocycles. The highest BCUT2D eigenvalue weighted by molar-refractivity contribution is 14.2. The highest BCUT2D eigenvalue weighted by Gasteiger charge is 2.11. The van der Waals surface area contributed by atoms with Crippen molar-refractivity contribution in [2.24, 2.45) is 0 Å². The average Bonchev–Trinajstić information content (AvgIpc) is 2.89. The van der Waals surface area contributed by atoms with Crippen molar-refractivity contribution in [3.05, 3.63) is 65.5 Å². The Balaban J connectivity index is 1.81. The topological polar surface area (TPSA) is 46.9 Å². The Bertz CT molecular complexity index is 817. The second-order valence-corrected chi connectivity index (χ2v) is 6.68. The minimum absolute atomic E-state index is 0.104. The van der Waals surface area contributed by atoms with Crippen LogP contribution in [0.3, 0.4) is 0 Å². The Hall–Kier alpha value is -1.54. The molecule has 3 aromatic rings. The maximum Gasteiger partial charge on any atom is 0.253 e. The summed E-state index contributed by atoms with van der Waals surface area (Å²) in [5.74, 6) is -0.104. The Morgan fingerprint density at radius 1 is 1.36 bits per heavy atom. The lowest BCUT2D eigenvalue weighted by Crippen LogP contribution is -2.22. The third-order valence-electron chi connectivity index (χ3n) is 3.44. The van der Waals surface area contributed by atoms with E-state index in [-0.39, 0.29) is 5.91 Å². The first kappa shape index (κ1) is 15.4. The summed E-state index contributed by atoms with van der Waals surface area (Å²) in [5, 5.41) is 3.94. The molecule has 0 radical (unpaired) electrons. The number of aromatic nitrogens is 2. The first-order valence-corrected chi connectivity index (χ1v) is 10.1. The Morgan fingerprint density at radius 3 is 2.86 bits per heavy atom. The molecule has 1 aromatic carbocycles. The molecule has 0 spiro atoms. The van der Waals surface area contributed by atoms with Gasteiger partial charge in [0.05, 0.1) is 5.56 Å². The number of hydrogen-bond acceptors (Lipinski definition) is 3. The Morgan fingerprint density at radius 2 is 2.14 bits per heavy atom. The maximum atomic E-state index is 12.3. The average molecular weight is 423 g/mol. The van der Waals surface area contributed by atoms with Gasteiger partial charge in [-0.05, 0) is 24.1 Å². The quantitative estimate of drug-likeness (QED) is 0.643. The van der Waals surface area contributed by atoms with Crippen molar-refractivity contribution in [3.63, 3.8) is 0 Å². The van der Waals surface area contributed by atoms with Crippen molar-refractivity contribution in [1.82, 2.24) is 14.3 Å². The van der Waals surface area contributed by atoms with Gasteiger partial charge in [0, 0.05) is 54.6 Å². The Kier molecular flexibility index (Phi) is 4.68. The summed E-state index contributed by atoms with van der Waals surface area (Å²) in [6.07, 6.45) is 3.66.